The number of halogens is 1. The highest BCUT2D eigenvalue weighted by Gasteiger charge is 2.20. The number of hydrogen-bond acceptors (Lipinski definition) is 3. The third-order valence-electron chi connectivity index (χ3n) is 5.02. The number of carbonyl (C=O) groups excluding carboxylic acids is 2. The number of anilines is 2. The summed E-state index contributed by atoms with van der Waals surface area (Å²) in [6, 6.07) is 18.7. The Bertz CT molecular complexity index is 1130. The molecule has 3 aromatic carbocycles. The van der Waals surface area contributed by atoms with Gasteiger partial charge >= 0.3 is 0 Å². The van der Waals surface area contributed by atoms with E-state index in [-0.39, 0.29) is 11.7 Å². The van der Waals surface area contributed by atoms with E-state index in [1.54, 1.807) is 18.2 Å². The molecule has 0 unspecified atom stereocenters. The van der Waals surface area contributed by atoms with E-state index < -0.39 is 0 Å². The number of allylic oxidation sites excluding steroid dienone is 2. The first-order chi connectivity index (χ1) is 13.5. The van der Waals surface area contributed by atoms with E-state index in [4.69, 9.17) is 11.6 Å². The topological polar surface area (TPSA) is 58.2 Å². The minimum absolute atomic E-state index is 0.152. The number of hydrogen-bond donors (Lipinski definition) is 2. The lowest BCUT2D eigenvalue weighted by Crippen LogP contribution is -2.12. The Morgan fingerprint density at radius 1 is 1.00 bits per heavy atom. The fraction of sp³-hybridized carbons (Fsp3) is 0.130. The molecule has 0 saturated carbocycles. The van der Waals surface area contributed by atoms with Gasteiger partial charge in [0.1, 0.15) is 0 Å². The number of benzene rings is 3. The van der Waals surface area contributed by atoms with Gasteiger partial charge in [0.25, 0.3) is 5.91 Å². The first-order valence-corrected chi connectivity index (χ1v) is 9.49. The van der Waals surface area contributed by atoms with Gasteiger partial charge < -0.3 is 10.6 Å². The number of ketones is 1. The lowest BCUT2D eigenvalue weighted by atomic mass is 10.0. The van der Waals surface area contributed by atoms with Crippen molar-refractivity contribution in [1.29, 1.82) is 0 Å². The monoisotopic (exact) mass is 390 g/mol. The normalized spacial score (nSPS) is 13.9. The van der Waals surface area contributed by atoms with Gasteiger partial charge in [0, 0.05) is 28.9 Å². The molecule has 0 bridgehead atoms. The molecule has 0 radical (unpaired) electrons. The Balaban J connectivity index is 1.60. The molecule has 5 heteroatoms. The van der Waals surface area contributed by atoms with Crippen LogP contribution in [0.1, 0.15) is 30.1 Å². The highest BCUT2D eigenvalue weighted by atomic mass is 35.5. The summed E-state index contributed by atoms with van der Waals surface area (Å²) in [4.78, 5) is 24.6. The lowest BCUT2D eigenvalue weighted by molar-refractivity contribution is -0.114. The maximum absolute atomic E-state index is 12.8. The molecule has 2 N–H and O–H groups in total. The molecule has 1 aliphatic rings. The summed E-state index contributed by atoms with van der Waals surface area (Å²) in [5.41, 5.74) is 3.53. The molecule has 0 heterocycles. The minimum Gasteiger partial charge on any atom is -0.357 e. The summed E-state index contributed by atoms with van der Waals surface area (Å²) < 4.78 is 0. The van der Waals surface area contributed by atoms with E-state index >= 15 is 0 Å². The Labute approximate surface area is 168 Å². The predicted molar refractivity (Wildman–Crippen MR) is 114 cm³/mol. The molecule has 4 nitrogen and oxygen atoms in total. The number of amides is 1. The van der Waals surface area contributed by atoms with E-state index in [0.717, 1.165) is 22.0 Å². The quantitative estimate of drug-likeness (QED) is 0.592. The van der Waals surface area contributed by atoms with Gasteiger partial charge in [-0.3, -0.25) is 9.59 Å². The molecular weight excluding hydrogens is 372 g/mol. The van der Waals surface area contributed by atoms with Gasteiger partial charge in [0.2, 0.25) is 0 Å². The second kappa shape index (κ2) is 7.49. The number of nitrogens with one attached hydrogen (secondary N) is 2. The van der Waals surface area contributed by atoms with Crippen LogP contribution in [-0.2, 0) is 4.79 Å². The van der Waals surface area contributed by atoms with Gasteiger partial charge in [-0.15, -0.1) is 0 Å². The molecule has 0 aromatic heterocycles. The largest absolute Gasteiger partial charge is 0.357 e. The van der Waals surface area contributed by atoms with Crippen LogP contribution < -0.4 is 10.6 Å². The average Bonchev–Trinajstić information content (AvgIpc) is 3.02. The minimum atomic E-state index is -0.184. The zero-order chi connectivity index (χ0) is 19.7. The molecule has 0 saturated heterocycles. The van der Waals surface area contributed by atoms with Gasteiger partial charge in [-0.1, -0.05) is 48.0 Å². The first kappa shape index (κ1) is 18.3. The number of Topliss-reactive ketones (excluding diaryl/α,β-unsaturated/α-hetero) is 1. The van der Waals surface area contributed by atoms with Crippen molar-refractivity contribution < 1.29 is 9.59 Å². The highest BCUT2D eigenvalue weighted by Crippen LogP contribution is 2.31. The number of rotatable bonds is 4. The van der Waals surface area contributed by atoms with Crippen molar-refractivity contribution in [2.24, 2.45) is 0 Å². The van der Waals surface area contributed by atoms with Crippen molar-refractivity contribution in [3.8, 4) is 0 Å². The Hall–Kier alpha value is -3.11. The maximum Gasteiger partial charge on any atom is 0.256 e. The Morgan fingerprint density at radius 2 is 1.79 bits per heavy atom. The van der Waals surface area contributed by atoms with Crippen LogP contribution in [0.5, 0.6) is 0 Å². The van der Waals surface area contributed by atoms with Gasteiger partial charge in [-0.25, -0.2) is 0 Å². The third-order valence-corrected chi connectivity index (χ3v) is 5.35. The van der Waals surface area contributed by atoms with Crippen molar-refractivity contribution in [1.82, 2.24) is 0 Å². The number of fused-ring (bicyclic) bond motifs is 1. The highest BCUT2D eigenvalue weighted by molar-refractivity contribution is 6.33. The van der Waals surface area contributed by atoms with Crippen LogP contribution in [0.25, 0.3) is 10.8 Å². The molecular formula is C23H19ClN2O2. The Kier molecular flexibility index (Phi) is 4.88. The lowest BCUT2D eigenvalue weighted by Gasteiger charge is -2.13. The molecule has 1 aliphatic carbocycles. The van der Waals surface area contributed by atoms with E-state index in [1.807, 2.05) is 49.4 Å². The summed E-state index contributed by atoms with van der Waals surface area (Å²) in [6.07, 6.45) is 1.19. The molecule has 4 rings (SSSR count). The van der Waals surface area contributed by atoms with Crippen LogP contribution in [0.4, 0.5) is 11.4 Å². The van der Waals surface area contributed by atoms with Crippen LogP contribution in [-0.4, -0.2) is 11.7 Å². The zero-order valence-electron chi connectivity index (χ0n) is 15.4. The third kappa shape index (κ3) is 3.51. The molecule has 0 atom stereocenters. The van der Waals surface area contributed by atoms with Crippen molar-refractivity contribution in [2.75, 3.05) is 10.6 Å². The fourth-order valence-corrected chi connectivity index (χ4v) is 3.59. The van der Waals surface area contributed by atoms with Gasteiger partial charge in [0.05, 0.1) is 10.7 Å². The van der Waals surface area contributed by atoms with Crippen LogP contribution in [0.15, 0.2) is 71.9 Å². The molecule has 0 aliphatic heterocycles. The summed E-state index contributed by atoms with van der Waals surface area (Å²) >= 11 is 6.31. The molecule has 0 fully saturated rings. The van der Waals surface area contributed by atoms with Crippen LogP contribution in [0.3, 0.4) is 0 Å². The van der Waals surface area contributed by atoms with E-state index in [9.17, 15) is 9.59 Å². The number of carbonyl (C=O) groups is 2. The molecule has 1 amide bonds. The van der Waals surface area contributed by atoms with E-state index in [1.165, 1.54) is 0 Å². The Morgan fingerprint density at radius 3 is 2.57 bits per heavy atom. The first-order valence-electron chi connectivity index (χ1n) is 9.11. The summed E-state index contributed by atoms with van der Waals surface area (Å²) in [5.74, 6) is -0.0319. The average molecular weight is 391 g/mol. The predicted octanol–water partition coefficient (Wildman–Crippen LogP) is 5.79. The van der Waals surface area contributed by atoms with Crippen LogP contribution >= 0.6 is 11.6 Å². The van der Waals surface area contributed by atoms with Gasteiger partial charge in [0.15, 0.2) is 5.78 Å². The van der Waals surface area contributed by atoms with Crippen molar-refractivity contribution in [3.05, 3.63) is 82.5 Å². The maximum atomic E-state index is 12.8. The summed E-state index contributed by atoms with van der Waals surface area (Å²) in [5, 5.41) is 8.64. The fourth-order valence-electron chi connectivity index (χ4n) is 3.42. The van der Waals surface area contributed by atoms with Crippen LogP contribution in [0, 0.1) is 0 Å². The van der Waals surface area contributed by atoms with Gasteiger partial charge in [-0.2, -0.15) is 0 Å². The smallest absolute Gasteiger partial charge is 0.256 e. The molecule has 28 heavy (non-hydrogen) atoms. The molecule has 140 valence electrons. The van der Waals surface area contributed by atoms with Gasteiger partial charge in [-0.05, 0) is 48.4 Å². The SMILES string of the molecule is CC1=C(Nc2cc(NC(=O)c3cccc4ccccc34)ccc2Cl)CCC1=O. The van der Waals surface area contributed by atoms with Crippen molar-refractivity contribution >= 4 is 45.4 Å². The summed E-state index contributed by atoms with van der Waals surface area (Å²) in [7, 11) is 0. The summed E-state index contributed by atoms with van der Waals surface area (Å²) in [6.45, 7) is 1.82. The molecule has 3 aromatic rings. The van der Waals surface area contributed by atoms with E-state index in [2.05, 4.69) is 10.6 Å². The van der Waals surface area contributed by atoms with E-state index in [0.29, 0.717) is 34.8 Å². The van der Waals surface area contributed by atoms with Crippen LogP contribution in [0.2, 0.25) is 5.02 Å². The van der Waals surface area contributed by atoms with Crippen molar-refractivity contribution in [3.63, 3.8) is 0 Å². The standard InChI is InChI=1S/C23H19ClN2O2/c1-14-20(11-12-22(14)27)26-21-13-16(9-10-19(21)24)25-23(28)18-8-4-6-15-5-2-3-7-17(15)18/h2-10,13,26H,11-12H2,1H3,(H,25,28). The second-order valence-corrected chi connectivity index (χ2v) is 7.23. The molecule has 0 spiro atoms. The zero-order valence-corrected chi connectivity index (χ0v) is 16.1. The second-order valence-electron chi connectivity index (χ2n) is 6.83. The van der Waals surface area contributed by atoms with Crippen molar-refractivity contribution in [2.45, 2.75) is 19.8 Å².